The van der Waals surface area contributed by atoms with Gasteiger partial charge in [0.2, 0.25) is 0 Å². The number of hydrogen-bond acceptors (Lipinski definition) is 4. The number of hydrogen-bond donors (Lipinski definition) is 0. The Bertz CT molecular complexity index is 719. The van der Waals surface area contributed by atoms with Crippen LogP contribution in [0.15, 0.2) is 60.2 Å². The lowest BCUT2D eigenvalue weighted by molar-refractivity contribution is -0.401. The van der Waals surface area contributed by atoms with Gasteiger partial charge in [-0.05, 0) is 46.6 Å². The van der Waals surface area contributed by atoms with Gasteiger partial charge in [-0.25, -0.2) is 14.6 Å². The molecule has 0 saturated heterocycles. The number of carbonyl (C=O) groups excluding carboxylic acids is 2. The van der Waals surface area contributed by atoms with Gasteiger partial charge in [0.05, 0.1) is 22.7 Å². The number of ketones is 1. The fourth-order valence-electron chi connectivity index (χ4n) is 1.99. The molecule has 4 nitrogen and oxygen atoms in total. The zero-order valence-electron chi connectivity index (χ0n) is 17.8. The maximum atomic E-state index is 12.1. The number of rotatable bonds is 7. The first kappa shape index (κ1) is 23.8. The van der Waals surface area contributed by atoms with Crippen molar-refractivity contribution < 1.29 is 19.4 Å². The van der Waals surface area contributed by atoms with E-state index in [2.05, 4.69) is 13.8 Å². The number of benzene rings is 1. The van der Waals surface area contributed by atoms with Crippen molar-refractivity contribution in [1.82, 2.24) is 0 Å². The van der Waals surface area contributed by atoms with Crippen LogP contribution in [0.25, 0.3) is 0 Å². The van der Waals surface area contributed by atoms with Crippen molar-refractivity contribution in [3.05, 3.63) is 65.8 Å². The van der Waals surface area contributed by atoms with Gasteiger partial charge in [0.25, 0.3) is 0 Å². The SMILES string of the molecule is CCC(C)(C)OOC(C)(C)CC.O=C=C1C=CC=CC1C(=O)c1ccccc1. The van der Waals surface area contributed by atoms with Gasteiger partial charge in [0.15, 0.2) is 5.78 Å². The van der Waals surface area contributed by atoms with Crippen LogP contribution < -0.4 is 0 Å². The molecule has 2 rings (SSSR count). The molecule has 0 heterocycles. The second-order valence-electron chi connectivity index (χ2n) is 7.90. The van der Waals surface area contributed by atoms with Crippen molar-refractivity contribution in [1.29, 1.82) is 0 Å². The Labute approximate surface area is 168 Å². The van der Waals surface area contributed by atoms with Crippen LogP contribution in [0.2, 0.25) is 0 Å². The summed E-state index contributed by atoms with van der Waals surface area (Å²) >= 11 is 0. The van der Waals surface area contributed by atoms with Crippen molar-refractivity contribution in [2.75, 3.05) is 0 Å². The molecule has 0 radical (unpaired) electrons. The molecule has 0 aromatic heterocycles. The molecule has 1 unspecified atom stereocenters. The Morgan fingerprint density at radius 2 is 1.50 bits per heavy atom. The molecule has 1 atom stereocenters. The first-order valence-electron chi connectivity index (χ1n) is 9.71. The Hall–Kier alpha value is -2.26. The van der Waals surface area contributed by atoms with Crippen LogP contribution in [-0.2, 0) is 14.6 Å². The van der Waals surface area contributed by atoms with Crippen LogP contribution in [0.5, 0.6) is 0 Å². The van der Waals surface area contributed by atoms with Crippen LogP contribution in [-0.4, -0.2) is 22.9 Å². The normalized spacial score (nSPS) is 16.2. The van der Waals surface area contributed by atoms with Crippen LogP contribution >= 0.6 is 0 Å². The van der Waals surface area contributed by atoms with Gasteiger partial charge in [-0.1, -0.05) is 62.4 Å². The highest BCUT2D eigenvalue weighted by molar-refractivity contribution is 6.02. The molecule has 28 heavy (non-hydrogen) atoms. The monoisotopic (exact) mass is 384 g/mol. The van der Waals surface area contributed by atoms with Crippen molar-refractivity contribution in [3.8, 4) is 0 Å². The fraction of sp³-hybridized carbons (Fsp3) is 0.458. The quantitative estimate of drug-likeness (QED) is 0.263. The summed E-state index contributed by atoms with van der Waals surface area (Å²) < 4.78 is 0. The molecular formula is C24H32O4. The van der Waals surface area contributed by atoms with Crippen molar-refractivity contribution in [3.63, 3.8) is 0 Å². The van der Waals surface area contributed by atoms with Crippen molar-refractivity contribution in [2.24, 2.45) is 5.92 Å². The summed E-state index contributed by atoms with van der Waals surface area (Å²) in [6.07, 6.45) is 8.75. The van der Waals surface area contributed by atoms with Crippen molar-refractivity contribution >= 4 is 11.7 Å². The van der Waals surface area contributed by atoms with E-state index in [0.717, 1.165) is 12.8 Å². The molecule has 0 bridgehead atoms. The van der Waals surface area contributed by atoms with E-state index in [4.69, 9.17) is 9.78 Å². The van der Waals surface area contributed by atoms with E-state index in [1.807, 2.05) is 39.7 Å². The standard InChI is InChI=1S/C14H10O2.C10H22O2/c15-10-12-8-4-5-9-13(12)14(16)11-6-2-1-3-7-11;1-7-9(3,4)11-12-10(5,6)8-2/h1-9,13H;7-8H2,1-6H3. The summed E-state index contributed by atoms with van der Waals surface area (Å²) in [5.41, 5.74) is 0.648. The lowest BCUT2D eigenvalue weighted by atomic mass is 9.88. The first-order valence-corrected chi connectivity index (χ1v) is 9.71. The molecule has 0 spiro atoms. The van der Waals surface area contributed by atoms with Gasteiger partial charge in [0, 0.05) is 5.56 Å². The van der Waals surface area contributed by atoms with Gasteiger partial charge >= 0.3 is 0 Å². The maximum absolute atomic E-state index is 12.1. The van der Waals surface area contributed by atoms with Crippen LogP contribution in [0.1, 0.15) is 64.7 Å². The minimum absolute atomic E-state index is 0.0699. The molecule has 0 amide bonds. The predicted molar refractivity (Wildman–Crippen MR) is 113 cm³/mol. The highest BCUT2D eigenvalue weighted by atomic mass is 17.2. The number of carbonyl (C=O) groups is 1. The average Bonchev–Trinajstić information content (AvgIpc) is 2.73. The Morgan fingerprint density at radius 3 is 1.96 bits per heavy atom. The zero-order chi connectivity index (χ0) is 21.2. The molecule has 1 aliphatic carbocycles. The van der Waals surface area contributed by atoms with Crippen LogP contribution in [0, 0.1) is 5.92 Å². The Kier molecular flexibility index (Phi) is 9.27. The molecule has 152 valence electrons. The molecule has 0 aliphatic heterocycles. The molecule has 0 N–H and O–H groups in total. The fourth-order valence-corrected chi connectivity index (χ4v) is 1.99. The van der Waals surface area contributed by atoms with E-state index in [0.29, 0.717) is 11.1 Å². The highest BCUT2D eigenvalue weighted by Crippen LogP contribution is 2.22. The van der Waals surface area contributed by atoms with Gasteiger partial charge in [0.1, 0.15) is 5.94 Å². The summed E-state index contributed by atoms with van der Waals surface area (Å²) in [4.78, 5) is 33.5. The lowest BCUT2D eigenvalue weighted by Crippen LogP contribution is -2.31. The maximum Gasteiger partial charge on any atom is 0.174 e. The zero-order valence-corrected chi connectivity index (χ0v) is 17.8. The van der Waals surface area contributed by atoms with Gasteiger partial charge in [-0.3, -0.25) is 4.79 Å². The molecule has 1 aromatic carbocycles. The molecule has 0 fully saturated rings. The van der Waals surface area contributed by atoms with Gasteiger partial charge < -0.3 is 0 Å². The molecule has 4 heteroatoms. The smallest absolute Gasteiger partial charge is 0.174 e. The largest absolute Gasteiger partial charge is 0.293 e. The second-order valence-corrected chi connectivity index (χ2v) is 7.90. The topological polar surface area (TPSA) is 52.6 Å². The minimum Gasteiger partial charge on any atom is -0.293 e. The van der Waals surface area contributed by atoms with Crippen LogP contribution in [0.4, 0.5) is 0 Å². The summed E-state index contributed by atoms with van der Waals surface area (Å²) in [7, 11) is 0. The minimum atomic E-state index is -0.495. The summed E-state index contributed by atoms with van der Waals surface area (Å²) in [6, 6.07) is 8.96. The predicted octanol–water partition coefficient (Wildman–Crippen LogP) is 5.68. The van der Waals surface area contributed by atoms with Crippen LogP contribution in [0.3, 0.4) is 0 Å². The van der Waals surface area contributed by atoms with E-state index in [9.17, 15) is 9.59 Å². The summed E-state index contributed by atoms with van der Waals surface area (Å²) in [5, 5.41) is 0. The third-order valence-corrected chi connectivity index (χ3v) is 4.68. The van der Waals surface area contributed by atoms with Gasteiger partial charge in [-0.2, -0.15) is 0 Å². The molecule has 1 aromatic rings. The first-order chi connectivity index (χ1) is 13.2. The summed E-state index contributed by atoms with van der Waals surface area (Å²) in [5.74, 6) is 1.25. The second kappa shape index (κ2) is 10.9. The van der Waals surface area contributed by atoms with Gasteiger partial charge in [-0.15, -0.1) is 0 Å². The molecule has 0 saturated carbocycles. The van der Waals surface area contributed by atoms with E-state index < -0.39 is 5.92 Å². The molecule has 1 aliphatic rings. The van der Waals surface area contributed by atoms with E-state index >= 15 is 0 Å². The van der Waals surface area contributed by atoms with Crippen molar-refractivity contribution in [2.45, 2.75) is 65.6 Å². The van der Waals surface area contributed by atoms with E-state index in [-0.39, 0.29) is 17.0 Å². The Balaban J connectivity index is 0.000000295. The van der Waals surface area contributed by atoms with E-state index in [1.165, 1.54) is 0 Å². The third kappa shape index (κ3) is 7.77. The third-order valence-electron chi connectivity index (χ3n) is 4.68. The lowest BCUT2D eigenvalue weighted by Gasteiger charge is -2.29. The number of allylic oxidation sites excluding steroid dienone is 5. The number of Topliss-reactive ketones (excluding diaryl/α,β-unsaturated/α-hetero) is 1. The Morgan fingerprint density at radius 1 is 0.964 bits per heavy atom. The molecular weight excluding hydrogens is 352 g/mol. The highest BCUT2D eigenvalue weighted by Gasteiger charge is 2.24. The average molecular weight is 385 g/mol. The van der Waals surface area contributed by atoms with E-state index in [1.54, 1.807) is 48.6 Å². The summed E-state index contributed by atoms with van der Waals surface area (Å²) in [6.45, 7) is 12.3.